The third-order valence-corrected chi connectivity index (χ3v) is 8.39. The quantitative estimate of drug-likeness (QED) is 0.483. The molecule has 0 spiro atoms. The van der Waals surface area contributed by atoms with E-state index >= 15 is 0 Å². The Morgan fingerprint density at radius 1 is 1.06 bits per heavy atom. The molecule has 10 nitrogen and oxygen atoms in total. The maximum Gasteiger partial charge on any atom is 0.325 e. The number of carbonyl (C=O) groups excluding carboxylic acids is 4. The van der Waals surface area contributed by atoms with Gasteiger partial charge in [0.2, 0.25) is 15.9 Å². The van der Waals surface area contributed by atoms with Crippen molar-refractivity contribution in [2.24, 2.45) is 5.92 Å². The Kier molecular flexibility index (Phi) is 5.58. The number of benzene rings is 1. The van der Waals surface area contributed by atoms with E-state index in [0.29, 0.717) is 5.56 Å². The minimum Gasteiger partial charge on any atom is -0.338 e. The predicted octanol–water partition coefficient (Wildman–Crippen LogP) is 0.443. The SMILES string of the molecule is CC(=O)c1ccc(S(=O)(=O)N2CCN(C(=O)CN3C(=O)N[C@@](C)(C4CC4)C3=O)CC2)cc1. The second-order valence-electron chi connectivity index (χ2n) is 8.66. The molecule has 2 aliphatic heterocycles. The highest BCUT2D eigenvalue weighted by molar-refractivity contribution is 7.89. The molecule has 1 N–H and O–H groups in total. The van der Waals surface area contributed by atoms with Crippen molar-refractivity contribution in [1.29, 1.82) is 0 Å². The molecule has 0 aromatic heterocycles. The number of sulfonamides is 1. The summed E-state index contributed by atoms with van der Waals surface area (Å²) in [4.78, 5) is 51.6. The van der Waals surface area contributed by atoms with Gasteiger partial charge in [-0.15, -0.1) is 0 Å². The molecule has 1 aromatic rings. The Labute approximate surface area is 186 Å². The molecule has 1 saturated carbocycles. The van der Waals surface area contributed by atoms with Gasteiger partial charge in [0, 0.05) is 31.7 Å². The van der Waals surface area contributed by atoms with Crippen LogP contribution in [0.25, 0.3) is 0 Å². The van der Waals surface area contributed by atoms with Crippen molar-refractivity contribution in [1.82, 2.24) is 19.4 Å². The lowest BCUT2D eigenvalue weighted by atomic mass is 9.96. The van der Waals surface area contributed by atoms with E-state index in [1.54, 1.807) is 6.92 Å². The highest BCUT2D eigenvalue weighted by Crippen LogP contribution is 2.42. The molecule has 2 heterocycles. The van der Waals surface area contributed by atoms with Crippen LogP contribution in [0.3, 0.4) is 0 Å². The van der Waals surface area contributed by atoms with Gasteiger partial charge < -0.3 is 10.2 Å². The monoisotopic (exact) mass is 462 g/mol. The standard InChI is InChI=1S/C21H26N4O6S/c1-14(26)15-3-7-17(8-4-15)32(30,31)24-11-9-23(10-12-24)18(27)13-25-19(28)21(2,16-5-6-16)22-20(25)29/h3-4,7-8,16H,5-6,9-13H2,1-2H3,(H,22,29)/t21-/m0/s1. The maximum atomic E-state index is 12.9. The lowest BCUT2D eigenvalue weighted by molar-refractivity contribution is -0.139. The van der Waals surface area contributed by atoms with Crippen LogP contribution in [-0.4, -0.2) is 84.4 Å². The summed E-state index contributed by atoms with van der Waals surface area (Å²) in [6.45, 7) is 3.27. The zero-order chi connectivity index (χ0) is 23.3. The van der Waals surface area contributed by atoms with E-state index in [1.807, 2.05) is 0 Å². The zero-order valence-electron chi connectivity index (χ0n) is 18.0. The first-order valence-corrected chi connectivity index (χ1v) is 12.0. The largest absolute Gasteiger partial charge is 0.338 e. The molecular formula is C21H26N4O6S. The molecule has 1 aliphatic carbocycles. The van der Waals surface area contributed by atoms with Gasteiger partial charge >= 0.3 is 6.03 Å². The van der Waals surface area contributed by atoms with Crippen LogP contribution in [0.2, 0.25) is 0 Å². The Morgan fingerprint density at radius 3 is 2.19 bits per heavy atom. The zero-order valence-corrected chi connectivity index (χ0v) is 18.9. The molecule has 0 unspecified atom stereocenters. The number of carbonyl (C=O) groups is 4. The number of ketones is 1. The summed E-state index contributed by atoms with van der Waals surface area (Å²) in [5, 5.41) is 2.71. The predicted molar refractivity (Wildman–Crippen MR) is 113 cm³/mol. The lowest BCUT2D eigenvalue weighted by Gasteiger charge is -2.34. The van der Waals surface area contributed by atoms with Gasteiger partial charge in [0.15, 0.2) is 5.78 Å². The molecule has 172 valence electrons. The van der Waals surface area contributed by atoms with E-state index in [9.17, 15) is 27.6 Å². The van der Waals surface area contributed by atoms with Gasteiger partial charge in [0.1, 0.15) is 12.1 Å². The van der Waals surface area contributed by atoms with Crippen molar-refractivity contribution in [3.05, 3.63) is 29.8 Å². The van der Waals surface area contributed by atoms with Crippen LogP contribution in [0.15, 0.2) is 29.2 Å². The molecule has 4 amide bonds. The summed E-state index contributed by atoms with van der Waals surface area (Å²) in [6, 6.07) is 5.19. The van der Waals surface area contributed by atoms with Crippen molar-refractivity contribution in [2.45, 2.75) is 37.1 Å². The van der Waals surface area contributed by atoms with Crippen LogP contribution >= 0.6 is 0 Å². The Hall–Kier alpha value is -2.79. The number of rotatable bonds is 6. The van der Waals surface area contributed by atoms with Crippen molar-refractivity contribution in [3.63, 3.8) is 0 Å². The molecule has 3 fully saturated rings. The fourth-order valence-corrected chi connectivity index (χ4v) is 5.64. The molecule has 1 atom stereocenters. The van der Waals surface area contributed by atoms with E-state index in [1.165, 1.54) is 40.4 Å². The van der Waals surface area contributed by atoms with Gasteiger partial charge in [-0.25, -0.2) is 13.2 Å². The van der Waals surface area contributed by atoms with Gasteiger partial charge in [0.05, 0.1) is 4.90 Å². The summed E-state index contributed by atoms with van der Waals surface area (Å²) < 4.78 is 27.1. The number of nitrogens with one attached hydrogen (secondary N) is 1. The molecule has 0 bridgehead atoms. The van der Waals surface area contributed by atoms with Crippen molar-refractivity contribution in [2.75, 3.05) is 32.7 Å². The Morgan fingerprint density at radius 2 is 1.66 bits per heavy atom. The van der Waals surface area contributed by atoms with Crippen LogP contribution in [0.1, 0.15) is 37.0 Å². The fourth-order valence-electron chi connectivity index (χ4n) is 4.22. The van der Waals surface area contributed by atoms with Gasteiger partial charge in [0.25, 0.3) is 5.91 Å². The Balaban J connectivity index is 1.36. The van der Waals surface area contributed by atoms with E-state index < -0.39 is 27.5 Å². The van der Waals surface area contributed by atoms with Crippen LogP contribution in [0, 0.1) is 5.92 Å². The van der Waals surface area contributed by atoms with Crippen LogP contribution in [0.4, 0.5) is 4.79 Å². The number of imide groups is 1. The first-order valence-electron chi connectivity index (χ1n) is 10.6. The molecule has 4 rings (SSSR count). The first-order chi connectivity index (χ1) is 15.0. The van der Waals surface area contributed by atoms with E-state index in [0.717, 1.165) is 17.7 Å². The minimum absolute atomic E-state index is 0.0842. The summed E-state index contributed by atoms with van der Waals surface area (Å²) >= 11 is 0. The number of nitrogens with zero attached hydrogens (tertiary/aromatic N) is 3. The highest BCUT2D eigenvalue weighted by Gasteiger charge is 2.56. The number of urea groups is 1. The van der Waals surface area contributed by atoms with E-state index in [4.69, 9.17) is 0 Å². The number of hydrogen-bond acceptors (Lipinski definition) is 6. The summed E-state index contributed by atoms with van der Waals surface area (Å²) in [7, 11) is -3.76. The van der Waals surface area contributed by atoms with Gasteiger partial charge in [-0.2, -0.15) is 4.31 Å². The topological polar surface area (TPSA) is 124 Å². The number of Topliss-reactive ketones (excluding diaryl/α,β-unsaturated/α-hetero) is 1. The third-order valence-electron chi connectivity index (χ3n) is 6.48. The van der Waals surface area contributed by atoms with Gasteiger partial charge in [-0.3, -0.25) is 19.3 Å². The fraction of sp³-hybridized carbons (Fsp3) is 0.524. The van der Waals surface area contributed by atoms with E-state index in [2.05, 4.69) is 5.32 Å². The number of piperazine rings is 1. The molecule has 0 radical (unpaired) electrons. The summed E-state index contributed by atoms with van der Waals surface area (Å²) in [5.41, 5.74) is -0.514. The number of hydrogen-bond donors (Lipinski definition) is 1. The van der Waals surface area contributed by atoms with Crippen molar-refractivity contribution in [3.8, 4) is 0 Å². The van der Waals surface area contributed by atoms with Gasteiger partial charge in [-0.1, -0.05) is 12.1 Å². The minimum atomic E-state index is -3.76. The highest BCUT2D eigenvalue weighted by atomic mass is 32.2. The normalized spacial score (nSPS) is 24.6. The molecule has 1 aromatic carbocycles. The van der Waals surface area contributed by atoms with Crippen molar-refractivity contribution < 1.29 is 27.6 Å². The molecule has 2 saturated heterocycles. The number of amides is 4. The summed E-state index contributed by atoms with van der Waals surface area (Å²) in [6.07, 6.45) is 1.75. The average molecular weight is 463 g/mol. The molecule has 3 aliphatic rings. The second kappa shape index (κ2) is 7.96. The first kappa shape index (κ1) is 22.4. The van der Waals surface area contributed by atoms with Crippen LogP contribution in [0.5, 0.6) is 0 Å². The molecule has 11 heteroatoms. The van der Waals surface area contributed by atoms with E-state index in [-0.39, 0.29) is 55.2 Å². The lowest BCUT2D eigenvalue weighted by Crippen LogP contribution is -2.53. The smallest absolute Gasteiger partial charge is 0.325 e. The van der Waals surface area contributed by atoms with Crippen LogP contribution in [-0.2, 0) is 19.6 Å². The van der Waals surface area contributed by atoms with Crippen molar-refractivity contribution >= 4 is 33.7 Å². The van der Waals surface area contributed by atoms with Crippen LogP contribution < -0.4 is 5.32 Å². The Bertz CT molecular complexity index is 1070. The van der Waals surface area contributed by atoms with Gasteiger partial charge in [-0.05, 0) is 44.7 Å². The second-order valence-corrected chi connectivity index (χ2v) is 10.6. The third kappa shape index (κ3) is 3.90. The summed E-state index contributed by atoms with van der Waals surface area (Å²) in [5.74, 6) is -0.814. The molecular weight excluding hydrogens is 436 g/mol. The average Bonchev–Trinajstić information content (AvgIpc) is 3.60. The molecule has 32 heavy (non-hydrogen) atoms. The maximum absolute atomic E-state index is 12.9.